The van der Waals surface area contributed by atoms with E-state index in [9.17, 15) is 13.2 Å². The fraction of sp³-hybridized carbons (Fsp3) is 0.200. The molecule has 0 aromatic heterocycles. The van der Waals surface area contributed by atoms with Gasteiger partial charge in [-0.3, -0.25) is 0 Å². The fourth-order valence-electron chi connectivity index (χ4n) is 1.09. The summed E-state index contributed by atoms with van der Waals surface area (Å²) >= 11 is 3.06. The average Bonchev–Trinajstić information content (AvgIpc) is 2.15. The van der Waals surface area contributed by atoms with Crippen molar-refractivity contribution in [1.29, 1.82) is 0 Å². The smallest absolute Gasteiger partial charge is 0.326 e. The summed E-state index contributed by atoms with van der Waals surface area (Å²) in [6.07, 6.45) is -4.33. The van der Waals surface area contributed by atoms with Crippen molar-refractivity contribution in [3.63, 3.8) is 0 Å². The lowest BCUT2D eigenvalue weighted by molar-refractivity contribution is -0.137. The molecule has 0 unspecified atom stereocenters. The molecule has 0 aliphatic heterocycles. The maximum atomic E-state index is 12.3. The highest BCUT2D eigenvalue weighted by atomic mass is 79.9. The van der Waals surface area contributed by atoms with Gasteiger partial charge < -0.3 is 5.73 Å². The summed E-state index contributed by atoms with van der Waals surface area (Å²) in [7, 11) is 0. The second-order valence-electron chi connectivity index (χ2n) is 3.00. The number of hydrogen-bond acceptors (Lipinski definition) is 1. The zero-order chi connectivity index (χ0) is 11.6. The Morgan fingerprint density at radius 3 is 2.40 bits per heavy atom. The van der Waals surface area contributed by atoms with Crippen LogP contribution < -0.4 is 5.73 Å². The van der Waals surface area contributed by atoms with Crippen molar-refractivity contribution in [3.05, 3.63) is 40.4 Å². The Hall–Kier alpha value is -0.810. The molecule has 0 radical (unpaired) electrons. The van der Waals surface area contributed by atoms with E-state index in [0.717, 1.165) is 12.1 Å². The lowest BCUT2D eigenvalue weighted by Gasteiger charge is -2.10. The van der Waals surface area contributed by atoms with E-state index < -0.39 is 11.7 Å². The maximum Gasteiger partial charge on any atom is 0.416 e. The van der Waals surface area contributed by atoms with Gasteiger partial charge in [0.1, 0.15) is 0 Å². The Balaban J connectivity index is 3.15. The molecule has 0 fully saturated rings. The van der Waals surface area contributed by atoms with Crippen molar-refractivity contribution in [1.82, 2.24) is 0 Å². The van der Waals surface area contributed by atoms with Crippen LogP contribution in [0.5, 0.6) is 0 Å². The standard InChI is InChI=1S/C10H9BrF3N/c1-6(5-15)8-3-2-7(4-9(8)11)10(12,13)14/h2-4H,1,5,15H2. The third-order valence-corrected chi connectivity index (χ3v) is 2.58. The predicted octanol–water partition coefficient (Wildman–Crippen LogP) is 3.44. The second kappa shape index (κ2) is 4.37. The van der Waals surface area contributed by atoms with Crippen LogP contribution >= 0.6 is 15.9 Å². The number of nitrogens with two attached hydrogens (primary N) is 1. The first kappa shape index (κ1) is 12.3. The minimum atomic E-state index is -4.33. The van der Waals surface area contributed by atoms with Crippen LogP contribution in [-0.2, 0) is 6.18 Å². The van der Waals surface area contributed by atoms with Gasteiger partial charge in [0.2, 0.25) is 0 Å². The normalized spacial score (nSPS) is 11.5. The monoisotopic (exact) mass is 279 g/mol. The summed E-state index contributed by atoms with van der Waals surface area (Å²) < 4.78 is 37.3. The molecule has 1 aromatic carbocycles. The van der Waals surface area contributed by atoms with E-state index in [1.807, 2.05) is 0 Å². The summed E-state index contributed by atoms with van der Waals surface area (Å²) in [5.74, 6) is 0. The third-order valence-electron chi connectivity index (χ3n) is 1.92. The van der Waals surface area contributed by atoms with Crippen molar-refractivity contribution < 1.29 is 13.2 Å². The Bertz CT molecular complexity index is 385. The highest BCUT2D eigenvalue weighted by Crippen LogP contribution is 2.33. The van der Waals surface area contributed by atoms with E-state index in [4.69, 9.17) is 5.73 Å². The lowest BCUT2D eigenvalue weighted by Crippen LogP contribution is -2.06. The lowest BCUT2D eigenvalue weighted by atomic mass is 10.1. The summed E-state index contributed by atoms with van der Waals surface area (Å²) in [4.78, 5) is 0. The maximum absolute atomic E-state index is 12.3. The van der Waals surface area contributed by atoms with E-state index in [1.165, 1.54) is 6.07 Å². The highest BCUT2D eigenvalue weighted by Gasteiger charge is 2.30. The van der Waals surface area contributed by atoms with Crippen molar-refractivity contribution >= 4 is 21.5 Å². The van der Waals surface area contributed by atoms with Crippen LogP contribution in [0.25, 0.3) is 5.57 Å². The summed E-state index contributed by atoms with van der Waals surface area (Å²) in [5, 5.41) is 0. The number of halogens is 4. The number of benzene rings is 1. The van der Waals surface area contributed by atoms with Crippen LogP contribution in [0.3, 0.4) is 0 Å². The number of hydrogen-bond donors (Lipinski definition) is 1. The summed E-state index contributed by atoms with van der Waals surface area (Å²) in [6.45, 7) is 3.87. The molecule has 0 heterocycles. The molecule has 82 valence electrons. The number of alkyl halides is 3. The van der Waals surface area contributed by atoms with Gasteiger partial charge in [0.05, 0.1) is 5.56 Å². The first-order valence-electron chi connectivity index (χ1n) is 4.11. The molecule has 0 aliphatic carbocycles. The van der Waals surface area contributed by atoms with Gasteiger partial charge >= 0.3 is 6.18 Å². The van der Waals surface area contributed by atoms with E-state index in [2.05, 4.69) is 22.5 Å². The predicted molar refractivity (Wildman–Crippen MR) is 57.2 cm³/mol. The second-order valence-corrected chi connectivity index (χ2v) is 3.85. The molecule has 0 atom stereocenters. The SMILES string of the molecule is C=C(CN)c1ccc(C(F)(F)F)cc1Br. The van der Waals surface area contributed by atoms with Gasteiger partial charge in [-0.15, -0.1) is 0 Å². The topological polar surface area (TPSA) is 26.0 Å². The molecule has 0 aliphatic rings. The Morgan fingerprint density at radius 2 is 2.00 bits per heavy atom. The summed E-state index contributed by atoms with van der Waals surface area (Å²) in [6, 6.07) is 3.40. The molecule has 0 saturated carbocycles. The van der Waals surface area contributed by atoms with Crippen molar-refractivity contribution in [3.8, 4) is 0 Å². The summed E-state index contributed by atoms with van der Waals surface area (Å²) in [5.41, 5.74) is 5.86. The van der Waals surface area contributed by atoms with E-state index >= 15 is 0 Å². The Labute approximate surface area is 93.9 Å². The highest BCUT2D eigenvalue weighted by molar-refractivity contribution is 9.10. The molecule has 0 bridgehead atoms. The molecule has 1 rings (SSSR count). The molecule has 15 heavy (non-hydrogen) atoms. The van der Waals surface area contributed by atoms with Gasteiger partial charge in [0.15, 0.2) is 0 Å². The molecule has 5 heteroatoms. The Kier molecular flexibility index (Phi) is 3.57. The van der Waals surface area contributed by atoms with Gasteiger partial charge in [-0.05, 0) is 23.3 Å². The minimum Gasteiger partial charge on any atom is -0.326 e. The first-order valence-corrected chi connectivity index (χ1v) is 4.90. The molecular weight excluding hydrogens is 271 g/mol. The van der Waals surface area contributed by atoms with Crippen LogP contribution in [0.4, 0.5) is 13.2 Å². The van der Waals surface area contributed by atoms with Crippen LogP contribution in [0, 0.1) is 0 Å². The average molecular weight is 280 g/mol. The van der Waals surface area contributed by atoms with Crippen molar-refractivity contribution in [2.45, 2.75) is 6.18 Å². The van der Waals surface area contributed by atoms with E-state index in [0.29, 0.717) is 15.6 Å². The van der Waals surface area contributed by atoms with Gasteiger partial charge in [0.25, 0.3) is 0 Å². The van der Waals surface area contributed by atoms with Crippen molar-refractivity contribution in [2.24, 2.45) is 5.73 Å². The molecule has 0 amide bonds. The molecular formula is C10H9BrF3N. The number of rotatable bonds is 2. The first-order chi connectivity index (χ1) is 6.86. The molecule has 0 spiro atoms. The van der Waals surface area contributed by atoms with E-state index in [1.54, 1.807) is 0 Å². The van der Waals surface area contributed by atoms with Crippen molar-refractivity contribution in [2.75, 3.05) is 6.54 Å². The molecule has 1 nitrogen and oxygen atoms in total. The van der Waals surface area contributed by atoms with Gasteiger partial charge in [-0.25, -0.2) is 0 Å². The van der Waals surface area contributed by atoms with Gasteiger partial charge in [-0.1, -0.05) is 28.6 Å². The minimum absolute atomic E-state index is 0.212. The zero-order valence-electron chi connectivity index (χ0n) is 7.74. The molecule has 1 aromatic rings. The van der Waals surface area contributed by atoms with Crippen LogP contribution in [0.2, 0.25) is 0 Å². The van der Waals surface area contributed by atoms with Gasteiger partial charge in [-0.2, -0.15) is 13.2 Å². The van der Waals surface area contributed by atoms with Crippen LogP contribution in [-0.4, -0.2) is 6.54 Å². The van der Waals surface area contributed by atoms with E-state index in [-0.39, 0.29) is 6.54 Å². The van der Waals surface area contributed by atoms with Crippen LogP contribution in [0.15, 0.2) is 29.3 Å². The van der Waals surface area contributed by atoms with Gasteiger partial charge in [0, 0.05) is 11.0 Å². The van der Waals surface area contributed by atoms with Crippen LogP contribution in [0.1, 0.15) is 11.1 Å². The molecule has 0 saturated heterocycles. The largest absolute Gasteiger partial charge is 0.416 e. The zero-order valence-corrected chi connectivity index (χ0v) is 9.32. The Morgan fingerprint density at radius 1 is 1.40 bits per heavy atom. The quantitative estimate of drug-likeness (QED) is 0.882. The fourth-order valence-corrected chi connectivity index (χ4v) is 1.75. The molecule has 2 N–H and O–H groups in total. The third kappa shape index (κ3) is 2.82.